The molecule has 0 saturated heterocycles. The van der Waals surface area contributed by atoms with Gasteiger partial charge in [-0.05, 0) is 0 Å². The fraction of sp³-hybridized carbons (Fsp3) is 0.111. The Hall–Kier alpha value is -1.98. The highest BCUT2D eigenvalue weighted by Gasteiger charge is 2.03. The van der Waals surface area contributed by atoms with Crippen LogP contribution in [0.1, 0.15) is 0 Å². The summed E-state index contributed by atoms with van der Waals surface area (Å²) >= 11 is 0. The molecule has 0 aromatic carbocycles. The van der Waals surface area contributed by atoms with Gasteiger partial charge in [-0.25, -0.2) is 9.59 Å². The smallest absolute Gasteiger partial charge is 0.366 e. The number of aliphatic carboxylic acids is 1. The second-order valence-electron chi connectivity index (χ2n) is 2.00. The lowest BCUT2D eigenvalue weighted by molar-refractivity contribution is -0.139. The van der Waals surface area contributed by atoms with Crippen molar-refractivity contribution in [3.8, 4) is 0 Å². The van der Waals surface area contributed by atoms with E-state index in [1.54, 1.807) is 0 Å². The van der Waals surface area contributed by atoms with Gasteiger partial charge in [0, 0.05) is 0 Å². The summed E-state index contributed by atoms with van der Waals surface area (Å²) in [5.41, 5.74) is 0. The molecule has 0 aromatic rings. The number of rotatable bonds is 4. The fourth-order valence-corrected chi connectivity index (χ4v) is 0.213. The molecule has 0 bridgehead atoms. The monoisotopic (exact) mass is 220 g/mol. The number of carboxylic acid groups (broad SMARTS) is 1. The molecule has 0 fully saturated rings. The van der Waals surface area contributed by atoms with E-state index in [4.69, 9.17) is 5.11 Å². The van der Waals surface area contributed by atoms with Crippen molar-refractivity contribution in [1.82, 2.24) is 0 Å². The molecule has 0 aromatic heterocycles. The van der Waals surface area contributed by atoms with E-state index >= 15 is 0 Å². The van der Waals surface area contributed by atoms with Crippen molar-refractivity contribution in [2.24, 2.45) is 0 Å². The molecule has 15 heavy (non-hydrogen) atoms. The average Bonchev–Trinajstić information content (AvgIpc) is 2.14. The predicted octanol–water partition coefficient (Wildman–Crippen LogP) is 1.75. The summed E-state index contributed by atoms with van der Waals surface area (Å²) in [6, 6.07) is 0. The average molecular weight is 220 g/mol. The third-order valence-electron chi connectivity index (χ3n) is 0.786. The molecular weight excluding hydrogens is 210 g/mol. The fourth-order valence-electron chi connectivity index (χ4n) is 0.213. The molecule has 1 N–H and O–H groups in total. The lowest BCUT2D eigenvalue weighted by Crippen LogP contribution is -2.03. The first-order valence-electron chi connectivity index (χ1n) is 3.53. The Balaban J connectivity index is 0. The van der Waals surface area contributed by atoms with E-state index in [9.17, 15) is 18.4 Å². The van der Waals surface area contributed by atoms with Crippen LogP contribution in [-0.4, -0.2) is 23.7 Å². The van der Waals surface area contributed by atoms with Crippen LogP contribution in [-0.2, 0) is 14.3 Å². The van der Waals surface area contributed by atoms with Gasteiger partial charge in [0.1, 0.15) is 6.61 Å². The molecule has 0 aliphatic heterocycles. The number of carbonyl (C=O) groups is 2. The predicted molar refractivity (Wildman–Crippen MR) is 49.3 cm³/mol. The van der Waals surface area contributed by atoms with Gasteiger partial charge in [-0.1, -0.05) is 25.8 Å². The first kappa shape index (κ1) is 15.5. The van der Waals surface area contributed by atoms with E-state index in [-0.39, 0.29) is 6.61 Å². The van der Waals surface area contributed by atoms with Crippen LogP contribution >= 0.6 is 0 Å². The van der Waals surface area contributed by atoms with Crippen molar-refractivity contribution in [2.75, 3.05) is 6.61 Å². The summed E-state index contributed by atoms with van der Waals surface area (Å²) in [4.78, 5) is 19.4. The maximum absolute atomic E-state index is 11.7. The summed E-state index contributed by atoms with van der Waals surface area (Å²) in [6.45, 7) is 8.50. The largest absolute Gasteiger partial charge is 0.476 e. The molecular formula is C9H10F2O4. The first-order chi connectivity index (χ1) is 6.82. The van der Waals surface area contributed by atoms with E-state index in [2.05, 4.69) is 24.5 Å². The van der Waals surface area contributed by atoms with Crippen LogP contribution in [0.3, 0.4) is 0 Å². The van der Waals surface area contributed by atoms with E-state index in [1.165, 1.54) is 6.08 Å². The molecule has 0 aliphatic carbocycles. The number of ether oxygens (including phenoxy) is 1. The Bertz CT molecular complexity index is 272. The van der Waals surface area contributed by atoms with Crippen LogP contribution in [0.15, 0.2) is 37.5 Å². The molecule has 0 radical (unpaired) electrons. The maximum atomic E-state index is 11.7. The molecule has 0 unspecified atom stereocenters. The summed E-state index contributed by atoms with van der Waals surface area (Å²) < 4.78 is 27.0. The van der Waals surface area contributed by atoms with E-state index in [0.29, 0.717) is 0 Å². The van der Waals surface area contributed by atoms with Crippen LogP contribution in [0.25, 0.3) is 0 Å². The molecule has 0 amide bonds. The summed E-state index contributed by atoms with van der Waals surface area (Å²) in [5, 5.41) is 7.52. The third kappa shape index (κ3) is 12.0. The van der Waals surface area contributed by atoms with Crippen LogP contribution in [0.5, 0.6) is 0 Å². The zero-order valence-electron chi connectivity index (χ0n) is 7.83. The zero-order valence-corrected chi connectivity index (χ0v) is 7.83. The quantitative estimate of drug-likeness (QED) is 0.445. The van der Waals surface area contributed by atoms with Gasteiger partial charge >= 0.3 is 11.9 Å². The zero-order chi connectivity index (χ0) is 12.4. The van der Waals surface area contributed by atoms with Crippen LogP contribution in [0.4, 0.5) is 8.78 Å². The Morgan fingerprint density at radius 3 is 1.87 bits per heavy atom. The van der Waals surface area contributed by atoms with Crippen LogP contribution in [0, 0.1) is 0 Å². The van der Waals surface area contributed by atoms with Crippen molar-refractivity contribution < 1.29 is 28.2 Å². The third-order valence-corrected chi connectivity index (χ3v) is 0.786. The van der Waals surface area contributed by atoms with Gasteiger partial charge in [-0.3, -0.25) is 0 Å². The molecule has 0 heterocycles. The Morgan fingerprint density at radius 1 is 1.27 bits per heavy atom. The van der Waals surface area contributed by atoms with Gasteiger partial charge < -0.3 is 9.84 Å². The van der Waals surface area contributed by atoms with Crippen molar-refractivity contribution in [2.45, 2.75) is 0 Å². The van der Waals surface area contributed by atoms with Gasteiger partial charge in [0.25, 0.3) is 0 Å². The SMILES string of the molecule is C=C(F)C(=O)O.C=CCOC(=O)C(=C)F. The molecule has 4 nitrogen and oxygen atoms in total. The minimum Gasteiger partial charge on any atom is -0.476 e. The van der Waals surface area contributed by atoms with Crippen molar-refractivity contribution in [3.05, 3.63) is 37.5 Å². The number of esters is 1. The summed E-state index contributed by atoms with van der Waals surface area (Å²) in [6.07, 6.45) is 1.35. The lowest BCUT2D eigenvalue weighted by Gasteiger charge is -1.95. The lowest BCUT2D eigenvalue weighted by atomic mass is 10.6. The van der Waals surface area contributed by atoms with Gasteiger partial charge in [-0.2, -0.15) is 8.78 Å². The van der Waals surface area contributed by atoms with Gasteiger partial charge in [0.2, 0.25) is 11.7 Å². The van der Waals surface area contributed by atoms with Crippen molar-refractivity contribution in [3.63, 3.8) is 0 Å². The van der Waals surface area contributed by atoms with E-state index in [1.807, 2.05) is 0 Å². The van der Waals surface area contributed by atoms with Crippen molar-refractivity contribution >= 4 is 11.9 Å². The highest BCUT2D eigenvalue weighted by Crippen LogP contribution is 1.93. The number of carboxylic acids is 1. The van der Waals surface area contributed by atoms with E-state index in [0.717, 1.165) is 0 Å². The summed E-state index contributed by atoms with van der Waals surface area (Å²) in [5.74, 6) is -5.04. The van der Waals surface area contributed by atoms with Crippen LogP contribution < -0.4 is 0 Å². The van der Waals surface area contributed by atoms with Crippen LogP contribution in [0.2, 0.25) is 0 Å². The second kappa shape index (κ2) is 8.61. The standard InChI is InChI=1S/C6H7FO2.C3H3FO2/c1-3-4-9-6(8)5(2)7;1-2(4)3(5)6/h3H,1-2,4H2;1H2,(H,5,6). The minimum atomic E-state index is -1.60. The van der Waals surface area contributed by atoms with Gasteiger partial charge in [-0.15, -0.1) is 0 Å². The normalized spacial score (nSPS) is 7.87. The van der Waals surface area contributed by atoms with Gasteiger partial charge in [0.15, 0.2) is 0 Å². The number of carbonyl (C=O) groups excluding carboxylic acids is 1. The Morgan fingerprint density at radius 2 is 1.67 bits per heavy atom. The highest BCUT2D eigenvalue weighted by molar-refractivity contribution is 5.85. The molecule has 0 rings (SSSR count). The number of halogens is 2. The maximum Gasteiger partial charge on any atom is 0.366 e. The second-order valence-corrected chi connectivity index (χ2v) is 2.00. The molecule has 0 aliphatic rings. The Kier molecular flexibility index (Phi) is 8.89. The molecule has 6 heteroatoms. The first-order valence-corrected chi connectivity index (χ1v) is 3.53. The van der Waals surface area contributed by atoms with E-state index < -0.39 is 23.6 Å². The summed E-state index contributed by atoms with van der Waals surface area (Å²) in [7, 11) is 0. The number of hydrogen-bond donors (Lipinski definition) is 1. The minimum absolute atomic E-state index is 0.0156. The molecule has 0 spiro atoms. The van der Waals surface area contributed by atoms with Crippen molar-refractivity contribution in [1.29, 1.82) is 0 Å². The Labute approximate surface area is 85.2 Å². The van der Waals surface area contributed by atoms with Gasteiger partial charge in [0.05, 0.1) is 0 Å². The highest BCUT2D eigenvalue weighted by atomic mass is 19.1. The topological polar surface area (TPSA) is 63.6 Å². The molecule has 0 saturated carbocycles. The molecule has 0 atom stereocenters. The number of hydrogen-bond acceptors (Lipinski definition) is 3. The molecule has 84 valence electrons.